The smallest absolute Gasteiger partial charge is 0.217 e. The van der Waals surface area contributed by atoms with E-state index in [1.165, 1.54) is 12.8 Å². The van der Waals surface area contributed by atoms with Crippen molar-refractivity contribution in [1.82, 2.24) is 24.8 Å². The van der Waals surface area contributed by atoms with E-state index in [0.29, 0.717) is 5.92 Å². The number of methoxy groups -OCH3 is 1. The molecule has 7 nitrogen and oxygen atoms in total. The quantitative estimate of drug-likeness (QED) is 0.903. The van der Waals surface area contributed by atoms with Crippen LogP contribution >= 0.6 is 0 Å². The molecule has 0 aromatic carbocycles. The van der Waals surface area contributed by atoms with E-state index in [0.717, 1.165) is 68.7 Å². The molecule has 4 heterocycles. The highest BCUT2D eigenvalue weighted by Crippen LogP contribution is 2.27. The van der Waals surface area contributed by atoms with Gasteiger partial charge in [0, 0.05) is 43.7 Å². The van der Waals surface area contributed by atoms with Crippen LogP contribution in [0.5, 0.6) is 5.88 Å². The number of aromatic nitrogens is 3. The van der Waals surface area contributed by atoms with Crippen molar-refractivity contribution in [2.45, 2.75) is 25.3 Å². The summed E-state index contributed by atoms with van der Waals surface area (Å²) in [4.78, 5) is 7.35. The number of morpholine rings is 1. The van der Waals surface area contributed by atoms with E-state index >= 15 is 0 Å². The predicted molar refractivity (Wildman–Crippen MR) is 90.5 cm³/mol. The summed E-state index contributed by atoms with van der Waals surface area (Å²) >= 11 is 0. The van der Waals surface area contributed by atoms with Crippen LogP contribution in [-0.2, 0) is 11.3 Å². The normalized spacial score (nSPS) is 22.8. The Morgan fingerprint density at radius 1 is 1.38 bits per heavy atom. The molecular weight excluding hydrogens is 306 g/mol. The van der Waals surface area contributed by atoms with Gasteiger partial charge in [0.05, 0.1) is 32.2 Å². The lowest BCUT2D eigenvalue weighted by Crippen LogP contribution is -2.35. The predicted octanol–water partition coefficient (Wildman–Crippen LogP) is 1.04. The number of hydrogen-bond donors (Lipinski definition) is 1. The van der Waals surface area contributed by atoms with Gasteiger partial charge < -0.3 is 14.8 Å². The highest BCUT2D eigenvalue weighted by Gasteiger charge is 2.21. The molecule has 0 saturated carbocycles. The second-order valence-electron chi connectivity index (χ2n) is 6.56. The van der Waals surface area contributed by atoms with Crippen molar-refractivity contribution in [3.63, 3.8) is 0 Å². The molecule has 2 aliphatic heterocycles. The fourth-order valence-electron chi connectivity index (χ4n) is 3.57. The summed E-state index contributed by atoms with van der Waals surface area (Å²) < 4.78 is 12.8. The number of ether oxygens (including phenoxy) is 2. The number of rotatable bonds is 4. The fourth-order valence-corrected chi connectivity index (χ4v) is 3.57. The van der Waals surface area contributed by atoms with Crippen LogP contribution in [0.4, 0.5) is 0 Å². The maximum absolute atomic E-state index is 5.57. The molecule has 0 aliphatic carbocycles. The summed E-state index contributed by atoms with van der Waals surface area (Å²) in [7, 11) is 1.70. The van der Waals surface area contributed by atoms with Crippen molar-refractivity contribution in [2.24, 2.45) is 0 Å². The van der Waals surface area contributed by atoms with Crippen LogP contribution in [0.1, 0.15) is 30.0 Å². The summed E-state index contributed by atoms with van der Waals surface area (Å²) in [6.45, 7) is 6.46. The lowest BCUT2D eigenvalue weighted by atomic mass is 9.96. The van der Waals surface area contributed by atoms with Crippen molar-refractivity contribution >= 4 is 5.65 Å². The molecule has 1 unspecified atom stereocenters. The molecule has 1 N–H and O–H groups in total. The minimum absolute atomic E-state index is 0.448. The first kappa shape index (κ1) is 15.8. The van der Waals surface area contributed by atoms with Gasteiger partial charge in [0.15, 0.2) is 5.65 Å². The number of fused-ring (bicyclic) bond motifs is 1. The molecule has 2 aliphatic rings. The van der Waals surface area contributed by atoms with Crippen LogP contribution in [-0.4, -0.2) is 66.0 Å². The van der Waals surface area contributed by atoms with E-state index in [-0.39, 0.29) is 0 Å². The lowest BCUT2D eigenvalue weighted by molar-refractivity contribution is 0.0343. The van der Waals surface area contributed by atoms with Gasteiger partial charge in [0.25, 0.3) is 0 Å². The highest BCUT2D eigenvalue weighted by atomic mass is 16.5. The van der Waals surface area contributed by atoms with E-state index in [4.69, 9.17) is 14.5 Å². The molecule has 0 spiro atoms. The molecule has 24 heavy (non-hydrogen) atoms. The Hall–Kier alpha value is -1.70. The standard InChI is InChI=1S/C17H25N5O2/c1-23-16-9-15(13-3-2-4-18-10-13)20-17-14(11-19-22(16)17)12-21-5-7-24-8-6-21/h9,11,13,18H,2-8,10,12H2,1H3. The maximum Gasteiger partial charge on any atom is 0.217 e. The van der Waals surface area contributed by atoms with Crippen molar-refractivity contribution in [2.75, 3.05) is 46.5 Å². The summed E-state index contributed by atoms with van der Waals surface area (Å²) in [6, 6.07) is 2.04. The Labute approximate surface area is 141 Å². The van der Waals surface area contributed by atoms with Crippen LogP contribution in [0.3, 0.4) is 0 Å². The molecule has 2 aromatic heterocycles. The average Bonchev–Trinajstić information content (AvgIpc) is 3.05. The van der Waals surface area contributed by atoms with Gasteiger partial charge in [-0.3, -0.25) is 4.90 Å². The molecule has 2 fully saturated rings. The van der Waals surface area contributed by atoms with E-state index in [1.807, 2.05) is 16.8 Å². The zero-order valence-electron chi connectivity index (χ0n) is 14.2. The fraction of sp³-hybridized carbons (Fsp3) is 0.647. The average molecular weight is 331 g/mol. The van der Waals surface area contributed by atoms with Gasteiger partial charge in [0.2, 0.25) is 5.88 Å². The monoisotopic (exact) mass is 331 g/mol. The first-order chi connectivity index (χ1) is 11.8. The molecule has 1 atom stereocenters. The van der Waals surface area contributed by atoms with Gasteiger partial charge in [-0.25, -0.2) is 4.98 Å². The second-order valence-corrected chi connectivity index (χ2v) is 6.56. The van der Waals surface area contributed by atoms with Crippen LogP contribution in [0.25, 0.3) is 5.65 Å². The maximum atomic E-state index is 5.57. The molecule has 7 heteroatoms. The third-order valence-electron chi connectivity index (χ3n) is 4.95. The largest absolute Gasteiger partial charge is 0.481 e. The number of nitrogens with one attached hydrogen (secondary N) is 1. The molecule has 0 bridgehead atoms. The Balaban J connectivity index is 1.67. The van der Waals surface area contributed by atoms with Gasteiger partial charge >= 0.3 is 0 Å². The molecule has 0 radical (unpaired) electrons. The molecule has 2 aromatic rings. The molecule has 130 valence electrons. The second kappa shape index (κ2) is 7.04. The molecule has 2 saturated heterocycles. The number of nitrogens with zero attached hydrogens (tertiary/aromatic N) is 4. The first-order valence-electron chi connectivity index (χ1n) is 8.77. The summed E-state index contributed by atoms with van der Waals surface area (Å²) in [5.41, 5.74) is 3.18. The summed E-state index contributed by atoms with van der Waals surface area (Å²) in [5.74, 6) is 1.21. The Morgan fingerprint density at radius 2 is 2.25 bits per heavy atom. The van der Waals surface area contributed by atoms with E-state index in [9.17, 15) is 0 Å². The van der Waals surface area contributed by atoms with Gasteiger partial charge in [-0.05, 0) is 19.4 Å². The third-order valence-corrected chi connectivity index (χ3v) is 4.95. The topological polar surface area (TPSA) is 63.9 Å². The van der Waals surface area contributed by atoms with Gasteiger partial charge in [0.1, 0.15) is 0 Å². The van der Waals surface area contributed by atoms with Crippen LogP contribution in [0.15, 0.2) is 12.3 Å². The number of hydrogen-bond acceptors (Lipinski definition) is 6. The van der Waals surface area contributed by atoms with E-state index in [1.54, 1.807) is 7.11 Å². The van der Waals surface area contributed by atoms with Crippen molar-refractivity contribution < 1.29 is 9.47 Å². The Kier molecular flexibility index (Phi) is 4.64. The van der Waals surface area contributed by atoms with Crippen LogP contribution in [0.2, 0.25) is 0 Å². The van der Waals surface area contributed by atoms with E-state index in [2.05, 4.69) is 15.3 Å². The summed E-state index contributed by atoms with van der Waals surface area (Å²) in [6.07, 6.45) is 4.29. The zero-order valence-corrected chi connectivity index (χ0v) is 14.2. The summed E-state index contributed by atoms with van der Waals surface area (Å²) in [5, 5.41) is 7.96. The van der Waals surface area contributed by atoms with E-state index < -0.39 is 0 Å². The highest BCUT2D eigenvalue weighted by molar-refractivity contribution is 5.50. The molecular formula is C17H25N5O2. The minimum Gasteiger partial charge on any atom is -0.481 e. The van der Waals surface area contributed by atoms with Gasteiger partial charge in [-0.2, -0.15) is 9.61 Å². The third kappa shape index (κ3) is 3.11. The van der Waals surface area contributed by atoms with Crippen LogP contribution in [0, 0.1) is 0 Å². The van der Waals surface area contributed by atoms with Crippen molar-refractivity contribution in [3.05, 3.63) is 23.5 Å². The molecule has 0 amide bonds. The van der Waals surface area contributed by atoms with Gasteiger partial charge in [-0.1, -0.05) is 0 Å². The molecule has 4 rings (SSSR count). The zero-order chi connectivity index (χ0) is 16.4. The van der Waals surface area contributed by atoms with Crippen LogP contribution < -0.4 is 10.1 Å². The van der Waals surface area contributed by atoms with Gasteiger partial charge in [-0.15, -0.1) is 0 Å². The number of piperidine rings is 1. The minimum atomic E-state index is 0.448. The SMILES string of the molecule is COc1cc(C2CCCNC2)nc2c(CN3CCOCC3)cnn12. The van der Waals surface area contributed by atoms with Crippen molar-refractivity contribution in [3.8, 4) is 5.88 Å². The lowest BCUT2D eigenvalue weighted by Gasteiger charge is -2.26. The van der Waals surface area contributed by atoms with Crippen molar-refractivity contribution in [1.29, 1.82) is 0 Å². The Bertz CT molecular complexity index is 690. The first-order valence-corrected chi connectivity index (χ1v) is 8.77. The Morgan fingerprint density at radius 3 is 3.00 bits per heavy atom.